The molecule has 1 amide bonds. The van der Waals surface area contributed by atoms with Gasteiger partial charge in [0, 0.05) is 39.1 Å². The van der Waals surface area contributed by atoms with E-state index in [-0.39, 0.29) is 24.8 Å². The highest BCUT2D eigenvalue weighted by Crippen LogP contribution is 2.21. The third-order valence-electron chi connectivity index (χ3n) is 5.97. The van der Waals surface area contributed by atoms with Crippen molar-refractivity contribution in [2.24, 2.45) is 5.92 Å². The normalized spacial score (nSPS) is 19.0. The number of hydrogen-bond acceptors (Lipinski definition) is 3. The van der Waals surface area contributed by atoms with Crippen molar-refractivity contribution in [3.63, 3.8) is 0 Å². The molecule has 27 heavy (non-hydrogen) atoms. The second-order valence-corrected chi connectivity index (χ2v) is 7.73. The standard InChI is InChI=1S/C21H33N3O.2ClH/c1-23(21(25)8-7-18-9-13-22-14-10-18)20-11-15-24(16-12-20)17-19-5-3-2-4-6-19;;/h2-6,18,20,22H,7-17H2,1H3;2*1H. The third kappa shape index (κ3) is 7.61. The van der Waals surface area contributed by atoms with E-state index in [2.05, 4.69) is 40.5 Å². The van der Waals surface area contributed by atoms with Crippen molar-refractivity contribution in [2.45, 2.75) is 51.1 Å². The summed E-state index contributed by atoms with van der Waals surface area (Å²) in [6, 6.07) is 11.1. The van der Waals surface area contributed by atoms with Gasteiger partial charge in [0.25, 0.3) is 0 Å². The molecule has 0 unspecified atom stereocenters. The van der Waals surface area contributed by atoms with Crippen LogP contribution >= 0.6 is 24.8 Å². The van der Waals surface area contributed by atoms with Crippen LogP contribution in [0.2, 0.25) is 0 Å². The van der Waals surface area contributed by atoms with Crippen LogP contribution in [0.4, 0.5) is 0 Å². The summed E-state index contributed by atoms with van der Waals surface area (Å²) in [5.74, 6) is 1.09. The summed E-state index contributed by atoms with van der Waals surface area (Å²) in [6.07, 6.45) is 6.46. The summed E-state index contributed by atoms with van der Waals surface area (Å²) in [7, 11) is 2.02. The number of halogens is 2. The van der Waals surface area contributed by atoms with Gasteiger partial charge in [0.1, 0.15) is 0 Å². The number of likely N-dealkylation sites (tertiary alicyclic amines) is 1. The number of nitrogens with one attached hydrogen (secondary N) is 1. The Kier molecular flexibility index (Phi) is 11.3. The molecule has 0 atom stereocenters. The van der Waals surface area contributed by atoms with Gasteiger partial charge in [-0.15, -0.1) is 24.8 Å². The van der Waals surface area contributed by atoms with Crippen LogP contribution in [0.25, 0.3) is 0 Å². The Bertz CT molecular complexity index is 529. The van der Waals surface area contributed by atoms with Gasteiger partial charge < -0.3 is 10.2 Å². The van der Waals surface area contributed by atoms with Crippen molar-refractivity contribution in [1.82, 2.24) is 15.1 Å². The zero-order chi connectivity index (χ0) is 17.5. The number of piperidine rings is 2. The van der Waals surface area contributed by atoms with Gasteiger partial charge in [0.2, 0.25) is 5.91 Å². The summed E-state index contributed by atoms with van der Waals surface area (Å²) in [5, 5.41) is 3.40. The molecule has 0 saturated carbocycles. The maximum Gasteiger partial charge on any atom is 0.222 e. The minimum atomic E-state index is 0. The van der Waals surface area contributed by atoms with Gasteiger partial charge in [-0.1, -0.05) is 30.3 Å². The van der Waals surface area contributed by atoms with Gasteiger partial charge in [-0.2, -0.15) is 0 Å². The minimum Gasteiger partial charge on any atom is -0.343 e. The molecule has 6 heteroatoms. The van der Waals surface area contributed by atoms with Gasteiger partial charge in [0.15, 0.2) is 0 Å². The van der Waals surface area contributed by atoms with Crippen molar-refractivity contribution >= 4 is 30.7 Å². The molecule has 2 aliphatic heterocycles. The third-order valence-corrected chi connectivity index (χ3v) is 5.97. The van der Waals surface area contributed by atoms with E-state index < -0.39 is 0 Å². The second kappa shape index (κ2) is 12.6. The number of rotatable bonds is 6. The average molecular weight is 416 g/mol. The van der Waals surface area contributed by atoms with E-state index in [9.17, 15) is 4.79 Å². The minimum absolute atomic E-state index is 0. The maximum absolute atomic E-state index is 12.6. The van der Waals surface area contributed by atoms with E-state index in [4.69, 9.17) is 0 Å². The van der Waals surface area contributed by atoms with Crippen LogP contribution in [0.5, 0.6) is 0 Å². The monoisotopic (exact) mass is 415 g/mol. The van der Waals surface area contributed by atoms with Crippen LogP contribution in [-0.2, 0) is 11.3 Å². The van der Waals surface area contributed by atoms with E-state index in [0.29, 0.717) is 11.9 Å². The fraction of sp³-hybridized carbons (Fsp3) is 0.667. The summed E-state index contributed by atoms with van der Waals surface area (Å²) >= 11 is 0. The first-order valence-electron chi connectivity index (χ1n) is 9.95. The van der Waals surface area contributed by atoms with Crippen LogP contribution in [0.3, 0.4) is 0 Å². The summed E-state index contributed by atoms with van der Waals surface area (Å²) in [5.41, 5.74) is 1.38. The van der Waals surface area contributed by atoms with E-state index in [1.807, 2.05) is 11.9 Å². The first kappa shape index (κ1) is 24.2. The highest BCUT2D eigenvalue weighted by molar-refractivity contribution is 5.85. The van der Waals surface area contributed by atoms with Gasteiger partial charge in [-0.25, -0.2) is 0 Å². The highest BCUT2D eigenvalue weighted by atomic mass is 35.5. The number of nitrogens with zero attached hydrogens (tertiary/aromatic N) is 2. The van der Waals surface area contributed by atoms with Crippen LogP contribution in [0.15, 0.2) is 30.3 Å². The number of carbonyl (C=O) groups excluding carboxylic acids is 1. The number of benzene rings is 1. The molecule has 4 nitrogen and oxygen atoms in total. The molecule has 1 aromatic carbocycles. The van der Waals surface area contributed by atoms with E-state index >= 15 is 0 Å². The molecule has 0 bridgehead atoms. The number of carbonyl (C=O) groups is 1. The molecule has 1 aromatic rings. The lowest BCUT2D eigenvalue weighted by Crippen LogP contribution is -2.45. The van der Waals surface area contributed by atoms with Crippen LogP contribution in [0.1, 0.15) is 44.1 Å². The topological polar surface area (TPSA) is 35.6 Å². The number of hydrogen-bond donors (Lipinski definition) is 1. The number of amides is 1. The SMILES string of the molecule is CN(C(=O)CCC1CCNCC1)C1CCN(Cc2ccccc2)CC1.Cl.Cl. The predicted octanol–water partition coefficient (Wildman–Crippen LogP) is 3.73. The van der Waals surface area contributed by atoms with Gasteiger partial charge in [-0.05, 0) is 56.7 Å². The molecule has 0 aliphatic carbocycles. The zero-order valence-electron chi connectivity index (χ0n) is 16.4. The lowest BCUT2D eigenvalue weighted by molar-refractivity contribution is -0.133. The Hall–Kier alpha value is -0.810. The smallest absolute Gasteiger partial charge is 0.222 e. The summed E-state index contributed by atoms with van der Waals surface area (Å²) in [6.45, 7) is 5.45. The second-order valence-electron chi connectivity index (χ2n) is 7.73. The molecule has 1 N–H and O–H groups in total. The molecule has 154 valence electrons. The lowest BCUT2D eigenvalue weighted by atomic mass is 9.92. The maximum atomic E-state index is 12.6. The Morgan fingerprint density at radius 1 is 1.07 bits per heavy atom. The highest BCUT2D eigenvalue weighted by Gasteiger charge is 2.25. The van der Waals surface area contributed by atoms with Gasteiger partial charge in [0.05, 0.1) is 0 Å². The molecular weight excluding hydrogens is 381 g/mol. The fourth-order valence-electron chi connectivity index (χ4n) is 4.18. The van der Waals surface area contributed by atoms with Crippen molar-refractivity contribution in [2.75, 3.05) is 33.2 Å². The average Bonchev–Trinajstić information content (AvgIpc) is 2.68. The molecule has 2 heterocycles. The molecule has 3 rings (SSSR count). The summed E-state index contributed by atoms with van der Waals surface area (Å²) < 4.78 is 0. The largest absolute Gasteiger partial charge is 0.343 e. The van der Waals surface area contributed by atoms with E-state index in [1.54, 1.807) is 0 Å². The first-order valence-corrected chi connectivity index (χ1v) is 9.95. The van der Waals surface area contributed by atoms with Crippen LogP contribution in [-0.4, -0.2) is 55.0 Å². The molecule has 0 aromatic heterocycles. The molecule has 2 saturated heterocycles. The van der Waals surface area contributed by atoms with Crippen molar-refractivity contribution < 1.29 is 4.79 Å². The Balaban J connectivity index is 0.00000182. The quantitative estimate of drug-likeness (QED) is 0.768. The van der Waals surface area contributed by atoms with Gasteiger partial charge >= 0.3 is 0 Å². The Morgan fingerprint density at radius 3 is 2.33 bits per heavy atom. The predicted molar refractivity (Wildman–Crippen MR) is 117 cm³/mol. The van der Waals surface area contributed by atoms with Crippen molar-refractivity contribution in [3.05, 3.63) is 35.9 Å². The van der Waals surface area contributed by atoms with E-state index in [1.165, 1.54) is 18.4 Å². The molecule has 2 fully saturated rings. The zero-order valence-corrected chi connectivity index (χ0v) is 18.1. The van der Waals surface area contributed by atoms with Crippen LogP contribution < -0.4 is 5.32 Å². The Morgan fingerprint density at radius 2 is 1.70 bits per heavy atom. The molecule has 0 spiro atoms. The Labute approximate surface area is 176 Å². The lowest BCUT2D eigenvalue weighted by Gasteiger charge is -2.37. The molecular formula is C21H35Cl2N3O. The van der Waals surface area contributed by atoms with Crippen molar-refractivity contribution in [1.29, 1.82) is 0 Å². The van der Waals surface area contributed by atoms with Gasteiger partial charge in [-0.3, -0.25) is 9.69 Å². The van der Waals surface area contributed by atoms with Crippen LogP contribution in [0, 0.1) is 5.92 Å². The van der Waals surface area contributed by atoms with E-state index in [0.717, 1.165) is 64.3 Å². The summed E-state index contributed by atoms with van der Waals surface area (Å²) in [4.78, 5) is 17.1. The first-order chi connectivity index (χ1) is 12.2. The molecule has 0 radical (unpaired) electrons. The fourth-order valence-corrected chi connectivity index (χ4v) is 4.18. The molecule has 2 aliphatic rings. The van der Waals surface area contributed by atoms with Crippen molar-refractivity contribution in [3.8, 4) is 0 Å².